The van der Waals surface area contributed by atoms with Gasteiger partial charge in [0.15, 0.2) is 5.78 Å². The number of rotatable bonds is 7. The molecule has 1 aliphatic heterocycles. The number of para-hydroxylation sites is 1. The summed E-state index contributed by atoms with van der Waals surface area (Å²) in [4.78, 5) is 39.6. The van der Waals surface area contributed by atoms with E-state index >= 15 is 0 Å². The van der Waals surface area contributed by atoms with Crippen LogP contribution in [-0.4, -0.2) is 37.5 Å². The van der Waals surface area contributed by atoms with Crippen LogP contribution in [0.15, 0.2) is 46.8 Å². The van der Waals surface area contributed by atoms with E-state index in [4.69, 9.17) is 14.2 Å². The number of carbonyl (C=O) groups excluding carboxylic acids is 3. The van der Waals surface area contributed by atoms with Gasteiger partial charge in [0.25, 0.3) is 0 Å². The molecule has 178 valence electrons. The zero-order valence-corrected chi connectivity index (χ0v) is 20.2. The van der Waals surface area contributed by atoms with Gasteiger partial charge in [-0.05, 0) is 45.6 Å². The predicted molar refractivity (Wildman–Crippen MR) is 123 cm³/mol. The first-order chi connectivity index (χ1) is 15.7. The van der Waals surface area contributed by atoms with Crippen LogP contribution in [0.25, 0.3) is 0 Å². The van der Waals surface area contributed by atoms with Gasteiger partial charge in [-0.3, -0.25) is 9.59 Å². The van der Waals surface area contributed by atoms with Crippen LogP contribution in [0.2, 0.25) is 0 Å². The molecule has 0 fully saturated rings. The van der Waals surface area contributed by atoms with Gasteiger partial charge in [0.1, 0.15) is 11.7 Å². The number of carbonyl (C=O) groups is 3. The van der Waals surface area contributed by atoms with E-state index in [2.05, 4.69) is 5.32 Å². The lowest BCUT2D eigenvalue weighted by Gasteiger charge is -2.38. The van der Waals surface area contributed by atoms with E-state index < -0.39 is 23.8 Å². The number of benzene rings is 1. The highest BCUT2D eigenvalue weighted by Crippen LogP contribution is 2.47. The molecule has 1 heterocycles. The van der Waals surface area contributed by atoms with Gasteiger partial charge in [-0.2, -0.15) is 0 Å². The minimum atomic E-state index is -0.928. The highest BCUT2D eigenvalue weighted by atomic mass is 16.5. The van der Waals surface area contributed by atoms with Gasteiger partial charge < -0.3 is 19.5 Å². The molecule has 0 saturated heterocycles. The van der Waals surface area contributed by atoms with Crippen LogP contribution in [0, 0.1) is 11.8 Å². The highest BCUT2D eigenvalue weighted by Gasteiger charge is 2.47. The Balaban J connectivity index is 2.21. The van der Waals surface area contributed by atoms with Crippen LogP contribution in [-0.2, 0) is 23.9 Å². The summed E-state index contributed by atoms with van der Waals surface area (Å²) in [5.41, 5.74) is 2.80. The van der Waals surface area contributed by atoms with Crippen molar-refractivity contribution >= 4 is 17.7 Å². The second kappa shape index (κ2) is 10.2. The first kappa shape index (κ1) is 24.6. The molecule has 1 aromatic rings. The minimum absolute atomic E-state index is 0.236. The third-order valence-electron chi connectivity index (χ3n) is 6.38. The van der Waals surface area contributed by atoms with Crippen molar-refractivity contribution in [2.75, 3.05) is 13.7 Å². The molecule has 2 aliphatic rings. The van der Waals surface area contributed by atoms with Gasteiger partial charge in [-0.15, -0.1) is 0 Å². The molecule has 0 radical (unpaired) electrons. The summed E-state index contributed by atoms with van der Waals surface area (Å²) in [6.45, 7) is 9.75. The third kappa shape index (κ3) is 4.68. The standard InChI is InChI=1S/C26H33NO6/c1-7-15(4)33-26(30)21-16(5)27-18-13-14(3)20(25(29)31-6)24(28)23(18)22(21)17-11-9-10-12-19(17)32-8-2/h9-12,14-15,20,22,27H,7-8,13H2,1-6H3/t14-,15-,20+,22-/m1/s1. The number of ether oxygens (including phenoxy) is 3. The van der Waals surface area contributed by atoms with Crippen molar-refractivity contribution in [3.63, 3.8) is 0 Å². The first-order valence-corrected chi connectivity index (χ1v) is 11.5. The molecule has 7 heteroatoms. The number of hydrogen-bond acceptors (Lipinski definition) is 7. The number of dihydropyridines is 1. The molecule has 0 amide bonds. The smallest absolute Gasteiger partial charge is 0.337 e. The van der Waals surface area contributed by atoms with Gasteiger partial charge in [0.2, 0.25) is 0 Å². The Morgan fingerprint density at radius 1 is 1.21 bits per heavy atom. The quantitative estimate of drug-likeness (QED) is 0.490. The van der Waals surface area contributed by atoms with Gasteiger partial charge in [-0.1, -0.05) is 32.0 Å². The van der Waals surface area contributed by atoms with Crippen molar-refractivity contribution in [2.45, 2.75) is 59.5 Å². The molecule has 0 aromatic heterocycles. The summed E-state index contributed by atoms with van der Waals surface area (Å²) in [6.07, 6.45) is 0.875. The van der Waals surface area contributed by atoms with E-state index in [1.165, 1.54) is 7.11 Å². The van der Waals surface area contributed by atoms with Crippen LogP contribution in [0.3, 0.4) is 0 Å². The van der Waals surface area contributed by atoms with Crippen LogP contribution in [0.5, 0.6) is 5.75 Å². The zero-order valence-electron chi connectivity index (χ0n) is 20.2. The van der Waals surface area contributed by atoms with Gasteiger partial charge >= 0.3 is 11.9 Å². The Morgan fingerprint density at radius 3 is 2.55 bits per heavy atom. The molecule has 3 rings (SSSR count). The molecule has 1 aromatic carbocycles. The molecule has 4 atom stereocenters. The van der Waals surface area contributed by atoms with Crippen molar-refractivity contribution < 1.29 is 28.6 Å². The SMILES string of the molecule is CCOc1ccccc1[C@@H]1C(C(=O)O[C@H](C)CC)=C(C)NC2=C1C(=O)[C@@H](C(=O)OC)[C@H](C)C2. The molecule has 0 saturated carbocycles. The zero-order chi connectivity index (χ0) is 24.3. The average molecular weight is 456 g/mol. The van der Waals surface area contributed by atoms with Crippen molar-refractivity contribution in [1.82, 2.24) is 5.32 Å². The van der Waals surface area contributed by atoms with E-state index in [1.54, 1.807) is 0 Å². The maximum Gasteiger partial charge on any atom is 0.337 e. The van der Waals surface area contributed by atoms with Gasteiger partial charge in [0, 0.05) is 22.5 Å². The largest absolute Gasteiger partial charge is 0.494 e. The third-order valence-corrected chi connectivity index (χ3v) is 6.38. The normalized spacial score (nSPS) is 23.5. The van der Waals surface area contributed by atoms with E-state index in [9.17, 15) is 14.4 Å². The lowest BCUT2D eigenvalue weighted by molar-refractivity contribution is -0.151. The second-order valence-corrected chi connectivity index (χ2v) is 8.63. The van der Waals surface area contributed by atoms with E-state index in [-0.39, 0.29) is 17.8 Å². The second-order valence-electron chi connectivity index (χ2n) is 8.63. The molecular formula is C26H33NO6. The molecule has 33 heavy (non-hydrogen) atoms. The Hall–Kier alpha value is -3.09. The number of methoxy groups -OCH3 is 1. The fourth-order valence-electron chi connectivity index (χ4n) is 4.60. The van der Waals surface area contributed by atoms with Crippen molar-refractivity contribution in [3.05, 3.63) is 52.4 Å². The number of allylic oxidation sites excluding steroid dienone is 3. The summed E-state index contributed by atoms with van der Waals surface area (Å²) in [5, 5.41) is 3.27. The van der Waals surface area contributed by atoms with Crippen LogP contribution in [0.1, 0.15) is 58.9 Å². The summed E-state index contributed by atoms with van der Waals surface area (Å²) in [7, 11) is 1.28. The fourth-order valence-corrected chi connectivity index (χ4v) is 4.60. The molecule has 1 aliphatic carbocycles. The van der Waals surface area contributed by atoms with E-state index in [0.717, 1.165) is 5.70 Å². The molecule has 7 nitrogen and oxygen atoms in total. The Morgan fingerprint density at radius 2 is 1.91 bits per heavy atom. The van der Waals surface area contributed by atoms with Crippen LogP contribution < -0.4 is 10.1 Å². The summed E-state index contributed by atoms with van der Waals surface area (Å²) in [6, 6.07) is 7.37. The fraction of sp³-hybridized carbons (Fsp3) is 0.500. The van der Waals surface area contributed by atoms with Crippen LogP contribution in [0.4, 0.5) is 0 Å². The van der Waals surface area contributed by atoms with Crippen molar-refractivity contribution in [1.29, 1.82) is 0 Å². The van der Waals surface area contributed by atoms with E-state index in [1.807, 2.05) is 58.9 Å². The number of esters is 2. The monoisotopic (exact) mass is 455 g/mol. The van der Waals surface area contributed by atoms with E-state index in [0.29, 0.717) is 47.6 Å². The summed E-state index contributed by atoms with van der Waals surface area (Å²) < 4.78 is 16.5. The number of ketones is 1. The Bertz CT molecular complexity index is 1010. The summed E-state index contributed by atoms with van der Waals surface area (Å²) in [5.74, 6) is -2.68. The average Bonchev–Trinajstić information content (AvgIpc) is 2.78. The first-order valence-electron chi connectivity index (χ1n) is 11.5. The Labute approximate surface area is 195 Å². The van der Waals surface area contributed by atoms with Gasteiger partial charge in [0.05, 0.1) is 31.3 Å². The lowest BCUT2D eigenvalue weighted by Crippen LogP contribution is -2.43. The highest BCUT2D eigenvalue weighted by molar-refractivity contribution is 6.12. The minimum Gasteiger partial charge on any atom is -0.494 e. The van der Waals surface area contributed by atoms with Gasteiger partial charge in [-0.25, -0.2) is 4.79 Å². The maximum atomic E-state index is 13.8. The molecular weight excluding hydrogens is 422 g/mol. The summed E-state index contributed by atoms with van der Waals surface area (Å²) >= 11 is 0. The van der Waals surface area contributed by atoms with Crippen molar-refractivity contribution in [2.24, 2.45) is 11.8 Å². The lowest BCUT2D eigenvalue weighted by atomic mass is 9.69. The number of nitrogens with one attached hydrogen (secondary N) is 1. The van der Waals surface area contributed by atoms with Crippen molar-refractivity contribution in [3.8, 4) is 5.75 Å². The Kier molecular flexibility index (Phi) is 7.61. The molecule has 1 N–H and O–H groups in total. The predicted octanol–water partition coefficient (Wildman–Crippen LogP) is 4.04. The number of Topliss-reactive ketones (excluding diaryl/α,β-unsaturated/α-hetero) is 1. The number of hydrogen-bond donors (Lipinski definition) is 1. The van der Waals surface area contributed by atoms with Crippen LogP contribution >= 0.6 is 0 Å². The molecule has 0 unspecified atom stereocenters. The molecule has 0 bridgehead atoms. The molecule has 0 spiro atoms. The maximum absolute atomic E-state index is 13.8. The topological polar surface area (TPSA) is 90.9 Å².